The van der Waals surface area contributed by atoms with E-state index in [4.69, 9.17) is 9.72 Å². The third-order valence-electron chi connectivity index (χ3n) is 5.39. The Kier molecular flexibility index (Phi) is 3.21. The zero-order valence-corrected chi connectivity index (χ0v) is 14.4. The molecule has 126 valence electrons. The second kappa shape index (κ2) is 5.32. The van der Waals surface area contributed by atoms with E-state index in [0.29, 0.717) is 0 Å². The van der Waals surface area contributed by atoms with Gasteiger partial charge >= 0.3 is 6.03 Å². The van der Waals surface area contributed by atoms with Crippen molar-refractivity contribution in [2.45, 2.75) is 31.8 Å². The van der Waals surface area contributed by atoms with Crippen LogP contribution in [0.2, 0.25) is 0 Å². The number of rotatable bonds is 2. The van der Waals surface area contributed by atoms with Gasteiger partial charge in [-0.1, -0.05) is 18.3 Å². The van der Waals surface area contributed by atoms with Crippen molar-refractivity contribution in [3.05, 3.63) is 17.7 Å². The Morgan fingerprint density at radius 2 is 2.38 bits per heavy atom. The van der Waals surface area contributed by atoms with Gasteiger partial charge in [-0.15, -0.1) is 0 Å². The summed E-state index contributed by atoms with van der Waals surface area (Å²) in [7, 11) is 0. The molecule has 2 fully saturated rings. The highest BCUT2D eigenvalue weighted by Gasteiger charge is 2.44. The summed E-state index contributed by atoms with van der Waals surface area (Å²) in [5.41, 5.74) is 2.19. The molecule has 0 bridgehead atoms. The summed E-state index contributed by atoms with van der Waals surface area (Å²) in [4.78, 5) is 21.7. The van der Waals surface area contributed by atoms with E-state index in [2.05, 4.69) is 23.2 Å². The number of piperidine rings is 1. The zero-order valence-electron chi connectivity index (χ0n) is 13.6. The van der Waals surface area contributed by atoms with Gasteiger partial charge in [0, 0.05) is 25.1 Å². The SMILES string of the molecule is CCN1CCC2C(C1)NC(=O)N2c1nc2c3c(ccc2s1)OCC3. The van der Waals surface area contributed by atoms with Crippen molar-refractivity contribution in [3.8, 4) is 5.75 Å². The molecule has 7 heteroatoms. The molecule has 2 unspecified atom stereocenters. The van der Waals surface area contributed by atoms with E-state index in [9.17, 15) is 4.79 Å². The average Bonchev–Trinajstić information content (AvgIpc) is 3.28. The highest BCUT2D eigenvalue weighted by atomic mass is 32.1. The molecule has 0 saturated carbocycles. The number of likely N-dealkylation sites (N-methyl/N-ethyl adjacent to an activating group) is 1. The summed E-state index contributed by atoms with van der Waals surface area (Å²) in [5, 5.41) is 3.97. The van der Waals surface area contributed by atoms with E-state index in [-0.39, 0.29) is 18.1 Å². The Balaban J connectivity index is 1.52. The van der Waals surface area contributed by atoms with Gasteiger partial charge < -0.3 is 15.0 Å². The van der Waals surface area contributed by atoms with E-state index >= 15 is 0 Å². The molecule has 1 aromatic heterocycles. The smallest absolute Gasteiger partial charge is 0.324 e. The lowest BCUT2D eigenvalue weighted by Crippen LogP contribution is -2.51. The number of carbonyl (C=O) groups is 1. The lowest BCUT2D eigenvalue weighted by molar-refractivity contribution is 0.201. The molecule has 0 radical (unpaired) electrons. The number of aromatic nitrogens is 1. The fourth-order valence-corrected chi connectivity index (χ4v) is 5.17. The van der Waals surface area contributed by atoms with Gasteiger partial charge in [0.1, 0.15) is 5.75 Å². The summed E-state index contributed by atoms with van der Waals surface area (Å²) in [6, 6.07) is 4.50. The van der Waals surface area contributed by atoms with Gasteiger partial charge in [0.25, 0.3) is 0 Å². The number of urea groups is 1. The number of ether oxygens (including phenoxy) is 1. The number of benzene rings is 1. The van der Waals surface area contributed by atoms with Crippen LogP contribution in [-0.4, -0.2) is 54.2 Å². The maximum atomic E-state index is 12.6. The van der Waals surface area contributed by atoms with Crippen LogP contribution in [0.25, 0.3) is 10.2 Å². The molecule has 1 N–H and O–H groups in total. The van der Waals surface area contributed by atoms with Gasteiger partial charge in [-0.2, -0.15) is 0 Å². The Morgan fingerprint density at radius 1 is 1.46 bits per heavy atom. The van der Waals surface area contributed by atoms with Crippen molar-refractivity contribution < 1.29 is 9.53 Å². The first-order valence-corrected chi connectivity index (χ1v) is 9.43. The van der Waals surface area contributed by atoms with Gasteiger partial charge in [0.05, 0.1) is 28.9 Å². The van der Waals surface area contributed by atoms with Crippen molar-refractivity contribution in [2.24, 2.45) is 0 Å². The van der Waals surface area contributed by atoms with Crippen molar-refractivity contribution in [3.63, 3.8) is 0 Å². The Labute approximate surface area is 144 Å². The van der Waals surface area contributed by atoms with E-state index in [0.717, 1.165) is 60.2 Å². The first-order chi connectivity index (χ1) is 11.7. The van der Waals surface area contributed by atoms with Crippen molar-refractivity contribution >= 4 is 32.7 Å². The highest BCUT2D eigenvalue weighted by Crippen LogP contribution is 2.39. The lowest BCUT2D eigenvalue weighted by atomic mass is 10.0. The average molecular weight is 344 g/mol. The van der Waals surface area contributed by atoms with E-state index < -0.39 is 0 Å². The topological polar surface area (TPSA) is 57.7 Å². The van der Waals surface area contributed by atoms with Gasteiger partial charge in [0.15, 0.2) is 5.13 Å². The van der Waals surface area contributed by atoms with Crippen LogP contribution in [0.5, 0.6) is 5.75 Å². The molecule has 0 aliphatic carbocycles. The predicted octanol–water partition coefficient (Wildman–Crippen LogP) is 2.22. The monoisotopic (exact) mass is 344 g/mol. The van der Waals surface area contributed by atoms with Crippen molar-refractivity contribution in [1.29, 1.82) is 0 Å². The highest BCUT2D eigenvalue weighted by molar-refractivity contribution is 7.22. The normalized spacial score (nSPS) is 26.4. The first kappa shape index (κ1) is 14.5. The molecule has 6 nitrogen and oxygen atoms in total. The molecule has 2 aromatic rings. The number of likely N-dealkylation sites (tertiary alicyclic amines) is 1. The number of thiazole rings is 1. The second-order valence-electron chi connectivity index (χ2n) is 6.66. The number of nitrogens with zero attached hydrogens (tertiary/aromatic N) is 3. The van der Waals surface area contributed by atoms with Crippen LogP contribution >= 0.6 is 11.3 Å². The fraction of sp³-hybridized carbons (Fsp3) is 0.529. The summed E-state index contributed by atoms with van der Waals surface area (Å²) >= 11 is 1.61. The molecular weight excluding hydrogens is 324 g/mol. The summed E-state index contributed by atoms with van der Waals surface area (Å²) < 4.78 is 6.77. The molecule has 2 atom stereocenters. The number of amides is 2. The Morgan fingerprint density at radius 3 is 3.25 bits per heavy atom. The number of nitrogens with one attached hydrogen (secondary N) is 1. The number of carbonyl (C=O) groups excluding carboxylic acids is 1. The summed E-state index contributed by atoms with van der Waals surface area (Å²) in [5.74, 6) is 0.944. The van der Waals surface area contributed by atoms with Crippen LogP contribution in [0.3, 0.4) is 0 Å². The van der Waals surface area contributed by atoms with Gasteiger partial charge in [-0.25, -0.2) is 9.78 Å². The predicted molar refractivity (Wildman–Crippen MR) is 94.1 cm³/mol. The minimum Gasteiger partial charge on any atom is -0.493 e. The van der Waals surface area contributed by atoms with Crippen molar-refractivity contribution in [2.75, 3.05) is 31.1 Å². The molecule has 2 amide bonds. The molecule has 4 heterocycles. The second-order valence-corrected chi connectivity index (χ2v) is 7.67. The minimum atomic E-state index is -0.00472. The van der Waals surface area contributed by atoms with Crippen LogP contribution in [0.1, 0.15) is 18.9 Å². The zero-order chi connectivity index (χ0) is 16.3. The van der Waals surface area contributed by atoms with Gasteiger partial charge in [-0.05, 0) is 25.1 Å². The van der Waals surface area contributed by atoms with Crippen LogP contribution in [-0.2, 0) is 6.42 Å². The van der Waals surface area contributed by atoms with Crippen molar-refractivity contribution in [1.82, 2.24) is 15.2 Å². The number of anilines is 1. The lowest BCUT2D eigenvalue weighted by Gasteiger charge is -2.35. The number of hydrogen-bond acceptors (Lipinski definition) is 5. The molecule has 3 aliphatic heterocycles. The van der Waals surface area contributed by atoms with Gasteiger partial charge in [-0.3, -0.25) is 4.90 Å². The van der Waals surface area contributed by atoms with E-state index in [1.54, 1.807) is 11.3 Å². The summed E-state index contributed by atoms with van der Waals surface area (Å²) in [6.45, 7) is 5.90. The molecule has 5 rings (SSSR count). The molecule has 3 aliphatic rings. The molecular formula is C17H20N4O2S. The molecule has 24 heavy (non-hydrogen) atoms. The molecule has 2 saturated heterocycles. The minimum absolute atomic E-state index is 0.00472. The number of hydrogen-bond donors (Lipinski definition) is 1. The fourth-order valence-electron chi connectivity index (χ4n) is 4.11. The molecule has 1 aromatic carbocycles. The van der Waals surface area contributed by atoms with E-state index in [1.807, 2.05) is 11.0 Å². The maximum absolute atomic E-state index is 12.6. The third kappa shape index (κ3) is 2.04. The quantitative estimate of drug-likeness (QED) is 0.908. The van der Waals surface area contributed by atoms with E-state index in [1.165, 1.54) is 5.56 Å². The number of fused-ring (bicyclic) bond motifs is 4. The summed E-state index contributed by atoms with van der Waals surface area (Å²) in [6.07, 6.45) is 1.90. The largest absolute Gasteiger partial charge is 0.493 e. The third-order valence-corrected chi connectivity index (χ3v) is 6.41. The van der Waals surface area contributed by atoms with Gasteiger partial charge in [0.2, 0.25) is 0 Å². The van der Waals surface area contributed by atoms with Crippen LogP contribution in [0, 0.1) is 0 Å². The maximum Gasteiger partial charge on any atom is 0.324 e. The first-order valence-electron chi connectivity index (χ1n) is 8.62. The Hall–Kier alpha value is -1.86. The van der Waals surface area contributed by atoms with Crippen LogP contribution < -0.4 is 15.0 Å². The molecule has 0 spiro atoms. The standard InChI is InChI=1S/C17H20N4O2S/c1-2-20-7-5-12-11(9-20)18-16(22)21(12)17-19-15-10-6-8-23-13(10)3-4-14(15)24-17/h3-4,11-12H,2,5-9H2,1H3,(H,18,22). The van der Waals surface area contributed by atoms with Crippen LogP contribution in [0.15, 0.2) is 12.1 Å². The van der Waals surface area contributed by atoms with Crippen LogP contribution in [0.4, 0.5) is 9.93 Å². The Bertz CT molecular complexity index is 820.